The highest BCUT2D eigenvalue weighted by Gasteiger charge is 2.36. The largest absolute Gasteiger partial charge is 0.383 e. The van der Waals surface area contributed by atoms with Crippen LogP contribution in [0.5, 0.6) is 0 Å². The Kier molecular flexibility index (Phi) is 2.02. The smallest absolute Gasteiger partial charge is 0.141 e. The number of aryl methyl sites for hydroxylation is 1. The summed E-state index contributed by atoms with van der Waals surface area (Å²) < 4.78 is 0.824. The number of hydrogen-bond acceptors (Lipinski definition) is 3. The minimum Gasteiger partial charge on any atom is -0.383 e. The van der Waals surface area contributed by atoms with Crippen LogP contribution in [0.4, 0.5) is 5.82 Å². The molecular formula is C9H12BrN3. The average Bonchev–Trinajstić information content (AvgIpc) is 2.77. The van der Waals surface area contributed by atoms with E-state index in [-0.39, 0.29) is 0 Å². The van der Waals surface area contributed by atoms with Gasteiger partial charge >= 0.3 is 0 Å². The van der Waals surface area contributed by atoms with Crippen molar-refractivity contribution in [2.75, 3.05) is 5.73 Å². The van der Waals surface area contributed by atoms with Crippen LogP contribution in [0.1, 0.15) is 30.8 Å². The SMILES string of the molecule is Cc1nc(C2CC2C)nc(N)c1Br. The molecule has 1 heterocycles. The van der Waals surface area contributed by atoms with Crippen LogP contribution < -0.4 is 5.73 Å². The van der Waals surface area contributed by atoms with Crippen molar-refractivity contribution in [1.82, 2.24) is 9.97 Å². The molecular weight excluding hydrogens is 230 g/mol. The number of nitrogens with zero attached hydrogens (tertiary/aromatic N) is 2. The van der Waals surface area contributed by atoms with Gasteiger partial charge in [0.15, 0.2) is 0 Å². The maximum Gasteiger partial charge on any atom is 0.141 e. The molecule has 13 heavy (non-hydrogen) atoms. The molecule has 1 fully saturated rings. The molecule has 1 saturated carbocycles. The molecule has 2 unspecified atom stereocenters. The van der Waals surface area contributed by atoms with E-state index in [0.717, 1.165) is 21.9 Å². The summed E-state index contributed by atoms with van der Waals surface area (Å²) in [6, 6.07) is 0. The van der Waals surface area contributed by atoms with E-state index in [2.05, 4.69) is 32.8 Å². The predicted molar refractivity (Wildman–Crippen MR) is 55.4 cm³/mol. The quantitative estimate of drug-likeness (QED) is 0.821. The lowest BCUT2D eigenvalue weighted by Crippen LogP contribution is -2.02. The standard InChI is InChI=1S/C9H12BrN3/c1-4-3-6(4)9-12-5(2)7(10)8(11)13-9/h4,6H,3H2,1-2H3,(H2,11,12,13). The van der Waals surface area contributed by atoms with Crippen molar-refractivity contribution < 1.29 is 0 Å². The second kappa shape index (κ2) is 2.94. The molecule has 2 rings (SSSR count). The Labute approximate surface area is 85.9 Å². The molecule has 1 aromatic rings. The minimum atomic E-state index is 0.536. The molecule has 0 aliphatic heterocycles. The zero-order chi connectivity index (χ0) is 9.59. The van der Waals surface area contributed by atoms with Gasteiger partial charge in [0.05, 0.1) is 10.2 Å². The number of nitrogens with two attached hydrogens (primary N) is 1. The Morgan fingerprint density at radius 2 is 2.08 bits per heavy atom. The molecule has 2 N–H and O–H groups in total. The second-order valence-corrected chi connectivity index (χ2v) is 4.48. The van der Waals surface area contributed by atoms with Crippen molar-refractivity contribution in [3.63, 3.8) is 0 Å². The van der Waals surface area contributed by atoms with Gasteiger partial charge in [-0.05, 0) is 35.2 Å². The fourth-order valence-electron chi connectivity index (χ4n) is 1.45. The first-order chi connectivity index (χ1) is 6.09. The van der Waals surface area contributed by atoms with Gasteiger partial charge in [0.2, 0.25) is 0 Å². The van der Waals surface area contributed by atoms with Gasteiger partial charge in [-0.25, -0.2) is 9.97 Å². The lowest BCUT2D eigenvalue weighted by atomic mass is 10.3. The van der Waals surface area contributed by atoms with Crippen molar-refractivity contribution in [1.29, 1.82) is 0 Å². The van der Waals surface area contributed by atoms with Crippen LogP contribution in [0.15, 0.2) is 4.47 Å². The molecule has 1 aromatic heterocycles. The van der Waals surface area contributed by atoms with Gasteiger partial charge in [0.25, 0.3) is 0 Å². The van der Waals surface area contributed by atoms with E-state index in [1.165, 1.54) is 6.42 Å². The van der Waals surface area contributed by atoms with E-state index in [1.54, 1.807) is 0 Å². The highest BCUT2D eigenvalue weighted by Crippen LogP contribution is 2.45. The maximum atomic E-state index is 5.73. The summed E-state index contributed by atoms with van der Waals surface area (Å²) in [5, 5.41) is 0. The van der Waals surface area contributed by atoms with Gasteiger partial charge in [0.1, 0.15) is 11.6 Å². The van der Waals surface area contributed by atoms with Gasteiger partial charge in [0, 0.05) is 5.92 Å². The topological polar surface area (TPSA) is 51.8 Å². The molecule has 0 bridgehead atoms. The third kappa shape index (κ3) is 1.55. The predicted octanol–water partition coefficient (Wildman–Crippen LogP) is 2.25. The van der Waals surface area contributed by atoms with Crippen molar-refractivity contribution in [2.45, 2.75) is 26.2 Å². The first-order valence-corrected chi connectivity index (χ1v) is 5.18. The summed E-state index contributed by atoms with van der Waals surface area (Å²) >= 11 is 3.35. The van der Waals surface area contributed by atoms with Crippen LogP contribution in [0.25, 0.3) is 0 Å². The molecule has 1 aliphatic carbocycles. The third-order valence-corrected chi connectivity index (χ3v) is 3.48. The molecule has 1 aliphatic rings. The number of rotatable bonds is 1. The van der Waals surface area contributed by atoms with Crippen LogP contribution in [-0.2, 0) is 0 Å². The summed E-state index contributed by atoms with van der Waals surface area (Å²) in [4.78, 5) is 8.67. The number of anilines is 1. The van der Waals surface area contributed by atoms with Crippen LogP contribution in [-0.4, -0.2) is 9.97 Å². The van der Waals surface area contributed by atoms with E-state index in [1.807, 2.05) is 6.92 Å². The highest BCUT2D eigenvalue weighted by atomic mass is 79.9. The van der Waals surface area contributed by atoms with Crippen LogP contribution >= 0.6 is 15.9 Å². The number of halogens is 1. The summed E-state index contributed by atoms with van der Waals surface area (Å²) in [6.07, 6.45) is 1.19. The molecule has 3 nitrogen and oxygen atoms in total. The average molecular weight is 242 g/mol. The van der Waals surface area contributed by atoms with Crippen LogP contribution in [0.2, 0.25) is 0 Å². The van der Waals surface area contributed by atoms with Gasteiger partial charge < -0.3 is 5.73 Å². The molecule has 70 valence electrons. The lowest BCUT2D eigenvalue weighted by Gasteiger charge is -2.04. The summed E-state index contributed by atoms with van der Waals surface area (Å²) in [5.41, 5.74) is 6.67. The van der Waals surface area contributed by atoms with E-state index in [9.17, 15) is 0 Å². The summed E-state index contributed by atoms with van der Waals surface area (Å²) in [7, 11) is 0. The van der Waals surface area contributed by atoms with Crippen molar-refractivity contribution in [2.24, 2.45) is 5.92 Å². The number of hydrogen-bond donors (Lipinski definition) is 1. The third-order valence-electron chi connectivity index (χ3n) is 2.50. The molecule has 0 spiro atoms. The zero-order valence-electron chi connectivity index (χ0n) is 7.71. The maximum absolute atomic E-state index is 5.73. The second-order valence-electron chi connectivity index (χ2n) is 3.69. The zero-order valence-corrected chi connectivity index (χ0v) is 9.30. The van der Waals surface area contributed by atoms with E-state index in [4.69, 9.17) is 5.73 Å². The fraction of sp³-hybridized carbons (Fsp3) is 0.556. The number of aromatic nitrogens is 2. The molecule has 4 heteroatoms. The van der Waals surface area contributed by atoms with E-state index >= 15 is 0 Å². The lowest BCUT2D eigenvalue weighted by molar-refractivity contribution is 0.833. The van der Waals surface area contributed by atoms with Crippen LogP contribution in [0, 0.1) is 12.8 Å². The van der Waals surface area contributed by atoms with Gasteiger partial charge in [-0.15, -0.1) is 0 Å². The van der Waals surface area contributed by atoms with Gasteiger partial charge in [-0.3, -0.25) is 0 Å². The Bertz CT molecular complexity index is 328. The highest BCUT2D eigenvalue weighted by molar-refractivity contribution is 9.10. The Balaban J connectivity index is 2.39. The summed E-state index contributed by atoms with van der Waals surface area (Å²) in [6.45, 7) is 4.15. The monoisotopic (exact) mass is 241 g/mol. The molecule has 0 amide bonds. The Morgan fingerprint density at radius 1 is 1.46 bits per heavy atom. The molecule has 0 aromatic carbocycles. The fourth-order valence-corrected chi connectivity index (χ4v) is 1.63. The first kappa shape index (κ1) is 8.94. The van der Waals surface area contributed by atoms with Gasteiger partial charge in [-0.1, -0.05) is 6.92 Å². The normalized spacial score (nSPS) is 26.1. The summed E-state index contributed by atoms with van der Waals surface area (Å²) in [5.74, 6) is 2.72. The van der Waals surface area contributed by atoms with E-state index < -0.39 is 0 Å². The minimum absolute atomic E-state index is 0.536. The van der Waals surface area contributed by atoms with Crippen molar-refractivity contribution in [3.05, 3.63) is 16.0 Å². The van der Waals surface area contributed by atoms with Crippen molar-refractivity contribution >= 4 is 21.7 Å². The van der Waals surface area contributed by atoms with E-state index in [0.29, 0.717) is 11.7 Å². The molecule has 2 atom stereocenters. The van der Waals surface area contributed by atoms with Crippen LogP contribution in [0.3, 0.4) is 0 Å². The Hall–Kier alpha value is -0.640. The molecule has 0 saturated heterocycles. The number of nitrogen functional groups attached to an aromatic ring is 1. The molecule has 0 radical (unpaired) electrons. The Morgan fingerprint density at radius 3 is 2.54 bits per heavy atom. The van der Waals surface area contributed by atoms with Crippen molar-refractivity contribution in [3.8, 4) is 0 Å². The first-order valence-electron chi connectivity index (χ1n) is 4.39. The van der Waals surface area contributed by atoms with Gasteiger partial charge in [-0.2, -0.15) is 0 Å².